The van der Waals surface area contributed by atoms with E-state index in [4.69, 9.17) is 17.2 Å². The lowest BCUT2D eigenvalue weighted by molar-refractivity contribution is -0.136. The predicted molar refractivity (Wildman–Crippen MR) is 422 cm³/mol. The van der Waals surface area contributed by atoms with E-state index in [9.17, 15) is 28.7 Å². The minimum atomic E-state index is -1.51. The number of para-hydroxylation sites is 1. The topological polar surface area (TPSA) is 335 Å². The van der Waals surface area contributed by atoms with Crippen molar-refractivity contribution in [3.8, 4) is 0 Å². The Balaban J connectivity index is 0.961. The van der Waals surface area contributed by atoms with Crippen LogP contribution in [-0.2, 0) is 75.3 Å². The Morgan fingerprint density at radius 3 is 1.98 bits per heavy atom. The number of likely N-dealkylation sites (N-methyl/N-ethyl adjacent to an activating group) is 1. The molecule has 0 radical (unpaired) electrons. The molecule has 0 unspecified atom stereocenters. The van der Waals surface area contributed by atoms with Crippen LogP contribution in [0.4, 0.5) is 4.39 Å². The number of piperidine rings is 1. The fourth-order valence-corrected chi connectivity index (χ4v) is 16.9. The molecule has 12 atom stereocenters. The highest BCUT2D eigenvalue weighted by atomic mass is 19.1. The Bertz CT molecular complexity index is 4160. The number of ketones is 5. The summed E-state index contributed by atoms with van der Waals surface area (Å²) in [6, 6.07) is 33.7. The number of H-pyrrole nitrogens is 1. The number of rotatable bonds is 24. The molecule has 10 rings (SSSR count). The van der Waals surface area contributed by atoms with Crippen LogP contribution >= 0.6 is 0 Å². The summed E-state index contributed by atoms with van der Waals surface area (Å²) in [6.07, 6.45) is 7.88. The minimum absolute atomic E-state index is 0.0249. The van der Waals surface area contributed by atoms with Crippen molar-refractivity contribution >= 4 is 75.0 Å². The molecule has 4 aliphatic rings. The fourth-order valence-electron chi connectivity index (χ4n) is 16.9. The van der Waals surface area contributed by atoms with Gasteiger partial charge in [0.2, 0.25) is 23.6 Å². The van der Waals surface area contributed by atoms with Gasteiger partial charge in [0.05, 0.1) is 24.2 Å². The lowest BCUT2D eigenvalue weighted by atomic mass is 9.70. The number of nitrogens with zero attached hydrogens (tertiary/aromatic N) is 3. The summed E-state index contributed by atoms with van der Waals surface area (Å²) in [5, 5.41) is 24.6. The summed E-state index contributed by atoms with van der Waals surface area (Å²) >= 11 is 0. The molecule has 12 N–H and O–H groups in total. The van der Waals surface area contributed by atoms with E-state index in [-0.39, 0.29) is 93.8 Å². The Hall–Kier alpha value is -9.35. The number of Topliss-reactive ketones (excluding diaryl/α,β-unsaturated/α-hetero) is 5. The third-order valence-electron chi connectivity index (χ3n) is 22.8. The van der Waals surface area contributed by atoms with Crippen molar-refractivity contribution < 1.29 is 52.6 Å². The van der Waals surface area contributed by atoms with Crippen LogP contribution < -0.4 is 38.5 Å². The maximum absolute atomic E-state index is 15.5. The predicted octanol–water partition coefficient (Wildman–Crippen LogP) is 9.07. The molecular weight excluding hydrogens is 1380 g/mol. The van der Waals surface area contributed by atoms with E-state index in [2.05, 4.69) is 67.5 Å². The zero-order valence-electron chi connectivity index (χ0n) is 63.6. The van der Waals surface area contributed by atoms with E-state index in [1.165, 1.54) is 41.3 Å². The van der Waals surface area contributed by atoms with Crippen molar-refractivity contribution in [3.63, 3.8) is 0 Å². The molecule has 5 aromatic carbocycles. The summed E-state index contributed by atoms with van der Waals surface area (Å²) in [7, 11) is 2.20. The number of aromatic nitrogens is 1. The lowest BCUT2D eigenvalue weighted by Gasteiger charge is -2.47. The number of benzene rings is 5. The normalized spacial score (nSPS) is 24.3. The molecule has 1 aromatic heterocycles. The van der Waals surface area contributed by atoms with Crippen molar-refractivity contribution in [2.75, 3.05) is 46.3 Å². The quantitative estimate of drug-likeness (QED) is 0.0155. The number of likely N-dealkylation sites (tertiary alicyclic amines) is 1. The molecule has 2 aliphatic carbocycles. The number of aromatic amines is 1. The molecule has 109 heavy (non-hydrogen) atoms. The number of nitrogens with one attached hydrogen (secondary N) is 5. The van der Waals surface area contributed by atoms with Crippen molar-refractivity contribution in [3.05, 3.63) is 184 Å². The molecule has 0 bridgehead atoms. The summed E-state index contributed by atoms with van der Waals surface area (Å²) in [4.78, 5) is 147. The third-order valence-corrected chi connectivity index (χ3v) is 22.8. The maximum atomic E-state index is 15.5. The number of aliphatic hydroxyl groups is 1. The van der Waals surface area contributed by atoms with Gasteiger partial charge in [-0.15, -0.1) is 0 Å². The Morgan fingerprint density at radius 1 is 0.661 bits per heavy atom. The lowest BCUT2D eigenvalue weighted by Crippen LogP contribution is -2.51. The largest absolute Gasteiger partial charge is 0.391 e. The van der Waals surface area contributed by atoms with Gasteiger partial charge in [-0.3, -0.25) is 48.1 Å². The summed E-state index contributed by atoms with van der Waals surface area (Å²) in [5.41, 5.74) is 26.7. The first-order chi connectivity index (χ1) is 52.6. The second-order valence-corrected chi connectivity index (χ2v) is 31.0. The number of aliphatic hydroxyl groups excluding tert-OH is 1. The van der Waals surface area contributed by atoms with Crippen LogP contribution in [0.3, 0.4) is 0 Å². The van der Waals surface area contributed by atoms with E-state index in [1.807, 2.05) is 89.8 Å². The molecule has 0 saturated carbocycles. The number of allylic oxidation sites excluding steroid dienone is 1. The number of unbranched alkanes of at least 4 members (excludes halogenated alkanes) is 1. The van der Waals surface area contributed by atoms with Gasteiger partial charge in [-0.2, -0.15) is 0 Å². The van der Waals surface area contributed by atoms with E-state index in [1.54, 1.807) is 25.3 Å². The van der Waals surface area contributed by atoms with Crippen molar-refractivity contribution in [1.29, 1.82) is 0 Å². The van der Waals surface area contributed by atoms with Crippen LogP contribution in [0.25, 0.3) is 16.5 Å². The number of aliphatic imine (C=N–C) groups is 1. The number of carbonyl (C=O) groups is 9. The molecule has 4 amide bonds. The minimum Gasteiger partial charge on any atom is -0.391 e. The maximum Gasteiger partial charge on any atom is 0.224 e. The Morgan fingerprint density at radius 2 is 1.28 bits per heavy atom. The number of hydrogen-bond donors (Lipinski definition) is 9. The van der Waals surface area contributed by atoms with Crippen LogP contribution in [-0.4, -0.2) is 161 Å². The second-order valence-electron chi connectivity index (χ2n) is 31.0. The van der Waals surface area contributed by atoms with Crippen LogP contribution in [0.1, 0.15) is 168 Å². The first kappa shape index (κ1) is 82.2. The molecule has 22 heteroatoms. The fraction of sp³-hybridized carbons (Fsp3) is 0.494. The average molecular weight is 1490 g/mol. The molecule has 582 valence electrons. The van der Waals surface area contributed by atoms with Gasteiger partial charge in [-0.05, 0) is 179 Å². The number of halogens is 1. The molecule has 6 aromatic rings. The Labute approximate surface area is 640 Å². The number of guanidine groups is 1. The van der Waals surface area contributed by atoms with Gasteiger partial charge in [0.1, 0.15) is 17.6 Å². The number of carbonyl (C=O) groups excluding carboxylic acids is 9. The Kier molecular flexibility index (Phi) is 30.4. The monoisotopic (exact) mass is 1490 g/mol. The van der Waals surface area contributed by atoms with Crippen molar-refractivity contribution in [2.45, 2.75) is 197 Å². The van der Waals surface area contributed by atoms with Crippen LogP contribution in [0, 0.1) is 35.4 Å². The standard InChI is InChI=1S/C87H112FN11O10/c1-55(100)83-81(106)50-65(42-59-32-36-68(88)37-33-59)77(102)31-12-6-11-30-73(92-40-19-41-99(56(2)101)54-60-44-71-70-28-17-25-61-34-35-62(82(61)70)47-76(71)98(3)53-60)78(103)48-64(26-18-39-93-87(90)91)84(107)95-74(45-58-22-9-5-10-23-58)80(105)51-66(43-57-20-7-4-8-21-57)86(109)96-75(46-67-52-94-72-29-14-13-27-69(67)72)79(104)49-63(85(108)97-83)24-15-16-38-89/h4-5,7-10,13-14,17,20-23,25,27-29,32-33,35-37,52,55,60,63-66,71,73-76,83,92,94,100H,6,11-12,15-16,18-19,24,26,30-31,34,38-51,53-54,89H2,1-3H3,(H,95,107)(H,96,109)(H,97,108)(H4,90,91,93)/t55-,60-,63-,64-,65-,66-,71-,73-,74+,75-,76-,83+/m1/s1. The molecule has 21 nitrogen and oxygen atoms in total. The number of hydrogen-bond acceptors (Lipinski definition) is 14. The number of nitrogens with two attached hydrogens (primary N) is 3. The molecule has 3 heterocycles. The molecule has 2 fully saturated rings. The van der Waals surface area contributed by atoms with Gasteiger partial charge < -0.3 is 58.4 Å². The average Bonchev–Trinajstić information content (AvgIpc) is 1.68. The van der Waals surface area contributed by atoms with Gasteiger partial charge in [-0.1, -0.05) is 135 Å². The second kappa shape index (κ2) is 40.4. The van der Waals surface area contributed by atoms with E-state index >= 15 is 24.0 Å². The van der Waals surface area contributed by atoms with Gasteiger partial charge in [0, 0.05) is 124 Å². The smallest absolute Gasteiger partial charge is 0.224 e. The van der Waals surface area contributed by atoms with E-state index in [0.29, 0.717) is 99.7 Å². The summed E-state index contributed by atoms with van der Waals surface area (Å²) in [6.45, 7) is 5.59. The van der Waals surface area contributed by atoms with Crippen LogP contribution in [0.5, 0.6) is 0 Å². The molecular formula is C87H112FN11O10. The first-order valence-corrected chi connectivity index (χ1v) is 39.4. The van der Waals surface area contributed by atoms with Crippen molar-refractivity contribution in [2.24, 2.45) is 51.8 Å². The number of fused-ring (bicyclic) bond motifs is 3. The van der Waals surface area contributed by atoms with Crippen LogP contribution in [0.2, 0.25) is 0 Å². The van der Waals surface area contributed by atoms with Gasteiger partial charge in [-0.25, -0.2) is 4.39 Å². The highest BCUT2D eigenvalue weighted by molar-refractivity contribution is 5.99. The zero-order valence-corrected chi connectivity index (χ0v) is 63.6. The summed E-state index contributed by atoms with van der Waals surface area (Å²) in [5.74, 6) is -8.33. The van der Waals surface area contributed by atoms with Crippen molar-refractivity contribution in [1.82, 2.24) is 36.1 Å². The molecule has 2 aliphatic heterocycles. The number of amides is 4. The van der Waals surface area contributed by atoms with Gasteiger partial charge in [0.15, 0.2) is 29.1 Å². The van der Waals surface area contributed by atoms with E-state index < -0.39 is 114 Å². The van der Waals surface area contributed by atoms with Gasteiger partial charge >= 0.3 is 0 Å². The molecule has 0 spiro atoms. The van der Waals surface area contributed by atoms with E-state index in [0.717, 1.165) is 42.3 Å². The molecule has 2 saturated heterocycles. The summed E-state index contributed by atoms with van der Waals surface area (Å²) < 4.78 is 14.4. The zero-order chi connectivity index (χ0) is 77.5. The first-order valence-electron chi connectivity index (χ1n) is 39.4. The highest BCUT2D eigenvalue weighted by Gasteiger charge is 2.43. The highest BCUT2D eigenvalue weighted by Crippen LogP contribution is 2.49. The third kappa shape index (κ3) is 23.4. The van der Waals surface area contributed by atoms with Gasteiger partial charge in [0.25, 0.3) is 0 Å². The van der Waals surface area contributed by atoms with Crippen LogP contribution in [0.15, 0.2) is 145 Å². The SMILES string of the molecule is CC(=O)N(CCCN[C@@H]1CCCCCC(=O)[C@H](Cc2ccc(F)cc2)CC(=O)[C@H]([C@@H](C)O)NC(=O)[C@H](CCCCN)CC(=O)[C@@H](Cc2c[nH]c3ccccc23)NC(=O)[C@H](Cc2ccccc2)CC(=O)[C@H](Cc2ccccc2)NC(=O)[C@H](CCCN=C(N)N)CC1=O)C[C@@H]1C[C@@H]2c3cccc4c3C(=CC4)C[C@H]2N(C)C1.